The molecule has 1 aliphatic rings. The number of aromatic nitrogens is 2. The summed E-state index contributed by atoms with van der Waals surface area (Å²) in [6.45, 7) is 1.41. The molecule has 134 valence electrons. The van der Waals surface area contributed by atoms with Crippen molar-refractivity contribution in [2.24, 2.45) is 5.73 Å². The smallest absolute Gasteiger partial charge is 0.222 e. The lowest BCUT2D eigenvalue weighted by Crippen LogP contribution is -2.35. The first-order valence-electron chi connectivity index (χ1n) is 8.51. The molecule has 3 rings (SSSR count). The second kappa shape index (κ2) is 7.89. The van der Waals surface area contributed by atoms with Gasteiger partial charge in [0.25, 0.3) is 0 Å². The van der Waals surface area contributed by atoms with Gasteiger partial charge in [0.05, 0.1) is 12.3 Å². The van der Waals surface area contributed by atoms with E-state index in [1.807, 2.05) is 37.4 Å². The van der Waals surface area contributed by atoms with Crippen LogP contribution in [-0.4, -0.2) is 36.2 Å². The molecular formula is C18H24ClN5O. The first-order valence-corrected chi connectivity index (χ1v) is 8.88. The predicted molar refractivity (Wildman–Crippen MR) is 101 cm³/mol. The number of hydrogen-bond acceptors (Lipinski definition) is 6. The molecule has 0 aliphatic heterocycles. The van der Waals surface area contributed by atoms with Crippen molar-refractivity contribution in [3.8, 4) is 5.75 Å². The third kappa shape index (κ3) is 4.74. The maximum absolute atomic E-state index is 5.95. The van der Waals surface area contributed by atoms with Crippen LogP contribution in [0, 0.1) is 0 Å². The molecule has 0 spiro atoms. The van der Waals surface area contributed by atoms with Crippen LogP contribution in [-0.2, 0) is 0 Å². The lowest BCUT2D eigenvalue weighted by Gasteiger charge is -2.32. The molecule has 0 atom stereocenters. The fraction of sp³-hybridized carbons (Fsp3) is 0.444. The van der Waals surface area contributed by atoms with Crippen LogP contribution >= 0.6 is 11.6 Å². The van der Waals surface area contributed by atoms with Gasteiger partial charge in [-0.1, -0.05) is 17.7 Å². The minimum Gasteiger partial charge on any atom is -0.493 e. The zero-order valence-electron chi connectivity index (χ0n) is 14.4. The van der Waals surface area contributed by atoms with E-state index in [9.17, 15) is 0 Å². The van der Waals surface area contributed by atoms with Gasteiger partial charge in [0.2, 0.25) is 5.95 Å². The van der Waals surface area contributed by atoms with Gasteiger partial charge in [-0.3, -0.25) is 0 Å². The summed E-state index contributed by atoms with van der Waals surface area (Å²) in [5, 5.41) is 0.675. The van der Waals surface area contributed by atoms with Gasteiger partial charge in [0.15, 0.2) is 0 Å². The average Bonchev–Trinajstić information content (AvgIpc) is 2.55. The summed E-state index contributed by atoms with van der Waals surface area (Å²) in [7, 11) is 2.00. The summed E-state index contributed by atoms with van der Waals surface area (Å²) < 4.78 is 5.71. The summed E-state index contributed by atoms with van der Waals surface area (Å²) in [4.78, 5) is 10.8. The van der Waals surface area contributed by atoms with Crippen molar-refractivity contribution in [3.05, 3.63) is 41.0 Å². The molecule has 0 bridgehead atoms. The molecular weight excluding hydrogens is 338 g/mol. The van der Waals surface area contributed by atoms with Crippen molar-refractivity contribution in [2.75, 3.05) is 30.8 Å². The van der Waals surface area contributed by atoms with Gasteiger partial charge in [0.1, 0.15) is 11.6 Å². The Balaban J connectivity index is 1.51. The van der Waals surface area contributed by atoms with Crippen LogP contribution < -0.4 is 21.1 Å². The molecule has 0 radical (unpaired) electrons. The molecule has 1 fully saturated rings. The molecule has 1 aromatic heterocycles. The summed E-state index contributed by atoms with van der Waals surface area (Å²) in [6.07, 6.45) is 2.79. The molecule has 0 amide bonds. The second-order valence-electron chi connectivity index (χ2n) is 6.52. The Morgan fingerprint density at radius 1 is 1.28 bits per heavy atom. The minimum atomic E-state index is 0.283. The average molecular weight is 362 g/mol. The van der Waals surface area contributed by atoms with Gasteiger partial charge in [-0.2, -0.15) is 4.98 Å². The van der Waals surface area contributed by atoms with Crippen LogP contribution in [0.4, 0.5) is 11.8 Å². The summed E-state index contributed by atoms with van der Waals surface area (Å²) in [5.41, 5.74) is 12.7. The molecule has 1 saturated carbocycles. The highest BCUT2D eigenvalue weighted by Crippen LogP contribution is 2.35. The molecule has 2 aromatic rings. The maximum Gasteiger partial charge on any atom is 0.222 e. The topological polar surface area (TPSA) is 90.3 Å². The first kappa shape index (κ1) is 17.8. The Labute approximate surface area is 153 Å². The van der Waals surface area contributed by atoms with Crippen LogP contribution in [0.5, 0.6) is 5.75 Å². The van der Waals surface area contributed by atoms with Crippen LogP contribution in [0.1, 0.15) is 30.9 Å². The fourth-order valence-electron chi connectivity index (χ4n) is 2.94. The molecule has 1 aromatic carbocycles. The zero-order valence-corrected chi connectivity index (χ0v) is 15.1. The number of hydrogen-bond donors (Lipinski definition) is 2. The Hall–Kier alpha value is -2.05. The number of benzene rings is 1. The van der Waals surface area contributed by atoms with E-state index >= 15 is 0 Å². The van der Waals surface area contributed by atoms with Gasteiger partial charge < -0.3 is 21.1 Å². The van der Waals surface area contributed by atoms with E-state index in [4.69, 9.17) is 27.8 Å². The Morgan fingerprint density at radius 3 is 2.80 bits per heavy atom. The molecule has 1 aliphatic carbocycles. The molecule has 6 nitrogen and oxygen atoms in total. The van der Waals surface area contributed by atoms with Crippen LogP contribution in [0.25, 0.3) is 0 Å². The van der Waals surface area contributed by atoms with Crippen molar-refractivity contribution in [1.29, 1.82) is 0 Å². The van der Waals surface area contributed by atoms with Crippen LogP contribution in [0.15, 0.2) is 30.3 Å². The SMILES string of the molecule is CN(CCCOc1cccc(Cl)c1)c1cc(C2CC(N)C2)nc(N)n1. The lowest BCUT2D eigenvalue weighted by molar-refractivity contribution is 0.312. The lowest BCUT2D eigenvalue weighted by atomic mass is 9.78. The van der Waals surface area contributed by atoms with Crippen LogP contribution in [0.2, 0.25) is 5.02 Å². The Morgan fingerprint density at radius 2 is 2.08 bits per heavy atom. The largest absolute Gasteiger partial charge is 0.493 e. The number of nitrogens with two attached hydrogens (primary N) is 2. The van der Waals surface area contributed by atoms with Crippen molar-refractivity contribution < 1.29 is 4.74 Å². The molecule has 0 unspecified atom stereocenters. The molecule has 7 heteroatoms. The van der Waals surface area contributed by atoms with Gasteiger partial charge in [0, 0.05) is 36.6 Å². The van der Waals surface area contributed by atoms with Gasteiger partial charge in [-0.25, -0.2) is 4.98 Å². The summed E-state index contributed by atoms with van der Waals surface area (Å²) in [6, 6.07) is 9.72. The molecule has 4 N–H and O–H groups in total. The van der Waals surface area contributed by atoms with E-state index < -0.39 is 0 Å². The number of halogens is 1. The maximum atomic E-state index is 5.95. The number of nitrogens with zero attached hydrogens (tertiary/aromatic N) is 3. The monoisotopic (exact) mass is 361 g/mol. The standard InChI is InChI=1S/C18H24ClN5O/c1-24(6-3-7-25-15-5-2-4-13(19)10-15)17-11-16(22-18(21)23-17)12-8-14(20)9-12/h2,4-5,10-12,14H,3,6-9,20H2,1H3,(H2,21,22,23). The Bertz CT molecular complexity index is 720. The predicted octanol–water partition coefficient (Wildman–Crippen LogP) is 2.82. The molecule has 1 heterocycles. The van der Waals surface area contributed by atoms with Gasteiger partial charge in [-0.05, 0) is 37.5 Å². The number of ether oxygens (including phenoxy) is 1. The third-order valence-electron chi connectivity index (χ3n) is 4.44. The number of rotatable bonds is 7. The highest BCUT2D eigenvalue weighted by atomic mass is 35.5. The first-order chi connectivity index (χ1) is 12.0. The van der Waals surface area contributed by atoms with E-state index in [1.165, 1.54) is 0 Å². The van der Waals surface area contributed by atoms with Crippen molar-refractivity contribution in [3.63, 3.8) is 0 Å². The summed E-state index contributed by atoms with van der Waals surface area (Å²) >= 11 is 5.95. The van der Waals surface area contributed by atoms with Crippen molar-refractivity contribution in [2.45, 2.75) is 31.2 Å². The zero-order chi connectivity index (χ0) is 17.8. The molecule has 0 saturated heterocycles. The van der Waals surface area contributed by atoms with E-state index in [0.717, 1.165) is 43.1 Å². The fourth-order valence-corrected chi connectivity index (χ4v) is 3.12. The van der Waals surface area contributed by atoms with Crippen molar-refractivity contribution in [1.82, 2.24) is 9.97 Å². The minimum absolute atomic E-state index is 0.283. The highest BCUT2D eigenvalue weighted by molar-refractivity contribution is 6.30. The second-order valence-corrected chi connectivity index (χ2v) is 6.95. The van der Waals surface area contributed by atoms with E-state index in [-0.39, 0.29) is 6.04 Å². The van der Waals surface area contributed by atoms with Crippen LogP contribution in [0.3, 0.4) is 0 Å². The van der Waals surface area contributed by atoms with Gasteiger partial charge in [-0.15, -0.1) is 0 Å². The van der Waals surface area contributed by atoms with E-state index in [2.05, 4.69) is 14.9 Å². The normalized spacial score (nSPS) is 19.3. The van der Waals surface area contributed by atoms with E-state index in [1.54, 1.807) is 0 Å². The van der Waals surface area contributed by atoms with Gasteiger partial charge >= 0.3 is 0 Å². The number of nitrogen functional groups attached to an aromatic ring is 1. The van der Waals surface area contributed by atoms with Crippen molar-refractivity contribution >= 4 is 23.4 Å². The van der Waals surface area contributed by atoms with E-state index in [0.29, 0.717) is 23.5 Å². The number of anilines is 2. The highest BCUT2D eigenvalue weighted by Gasteiger charge is 2.29. The Kier molecular flexibility index (Phi) is 5.60. The third-order valence-corrected chi connectivity index (χ3v) is 4.67. The quantitative estimate of drug-likeness (QED) is 0.737. The summed E-state index contributed by atoms with van der Waals surface area (Å²) in [5.74, 6) is 2.34. The molecule has 25 heavy (non-hydrogen) atoms.